The lowest BCUT2D eigenvalue weighted by molar-refractivity contribution is -0.385. The Morgan fingerprint density at radius 2 is 1.44 bits per heavy atom. The molecule has 4 heteroatoms. The fraction of sp³-hybridized carbons (Fsp3) is 0.429. The number of hydrogen-bond acceptors (Lipinski definition) is 3. The van der Waals surface area contributed by atoms with Gasteiger partial charge in [0, 0.05) is 12.1 Å². The van der Waals surface area contributed by atoms with Crippen molar-refractivity contribution >= 4 is 5.69 Å². The number of rotatable bonds is 2. The van der Waals surface area contributed by atoms with E-state index in [4.69, 9.17) is 4.74 Å². The van der Waals surface area contributed by atoms with Crippen molar-refractivity contribution in [3.63, 3.8) is 0 Å². The molecule has 2 aromatic rings. The van der Waals surface area contributed by atoms with Crippen molar-refractivity contribution in [1.82, 2.24) is 0 Å². The molecule has 0 N–H and O–H groups in total. The van der Waals surface area contributed by atoms with Crippen LogP contribution in [0.5, 0.6) is 5.75 Å². The molecule has 0 amide bonds. The summed E-state index contributed by atoms with van der Waals surface area (Å²) in [6.07, 6.45) is 3.19. The highest BCUT2D eigenvalue weighted by molar-refractivity contribution is 5.49. The van der Waals surface area contributed by atoms with E-state index in [1.165, 1.54) is 16.7 Å². The molecule has 0 aliphatic heterocycles. The van der Waals surface area contributed by atoms with E-state index in [1.54, 1.807) is 19.2 Å². The maximum atomic E-state index is 11.2. The van der Waals surface area contributed by atoms with Gasteiger partial charge in [-0.3, -0.25) is 10.1 Å². The average Bonchev–Trinajstić information content (AvgIpc) is 2.55. The van der Waals surface area contributed by atoms with E-state index >= 15 is 0 Å². The number of non-ortho nitro benzene ring substituents is 1. The minimum Gasteiger partial charge on any atom is -0.496 e. The zero-order valence-electron chi connectivity index (χ0n) is 15.4. The summed E-state index contributed by atoms with van der Waals surface area (Å²) in [6, 6.07) is 9.98. The summed E-state index contributed by atoms with van der Waals surface area (Å²) in [5.41, 5.74) is 6.02. The number of methoxy groups -OCH3 is 1. The Labute approximate surface area is 149 Å². The topological polar surface area (TPSA) is 52.4 Å². The SMILES string of the molecule is COc1c2cc(C(C)(C)C)cc1CCc1cc(cc([N+](=O)[O-])c1)CC2. The largest absolute Gasteiger partial charge is 0.496 e. The number of nitro benzene ring substituents is 1. The number of fused-ring (bicyclic) bond motifs is 4. The quantitative estimate of drug-likeness (QED) is 0.584. The minimum absolute atomic E-state index is 0.0764. The van der Waals surface area contributed by atoms with Crippen LogP contribution in [0.4, 0.5) is 5.69 Å². The van der Waals surface area contributed by atoms with E-state index in [-0.39, 0.29) is 16.0 Å². The molecule has 0 saturated heterocycles. The Morgan fingerprint density at radius 1 is 0.920 bits per heavy atom. The van der Waals surface area contributed by atoms with E-state index in [2.05, 4.69) is 39.0 Å². The number of benzene rings is 2. The highest BCUT2D eigenvalue weighted by atomic mass is 16.6. The fourth-order valence-electron chi connectivity index (χ4n) is 3.52. The monoisotopic (exact) mass is 339 g/mol. The van der Waals surface area contributed by atoms with Gasteiger partial charge in [0.25, 0.3) is 5.69 Å². The van der Waals surface area contributed by atoms with Crippen molar-refractivity contribution in [3.8, 4) is 5.75 Å². The van der Waals surface area contributed by atoms with Gasteiger partial charge in [-0.05, 0) is 58.9 Å². The van der Waals surface area contributed by atoms with Crippen molar-refractivity contribution in [1.29, 1.82) is 0 Å². The maximum absolute atomic E-state index is 11.2. The molecule has 0 saturated carbocycles. The Morgan fingerprint density at radius 3 is 1.84 bits per heavy atom. The number of nitrogens with zero attached hydrogens (tertiary/aromatic N) is 1. The predicted molar refractivity (Wildman–Crippen MR) is 99.6 cm³/mol. The highest BCUT2D eigenvalue weighted by Crippen LogP contribution is 2.34. The lowest BCUT2D eigenvalue weighted by atomic mass is 9.82. The van der Waals surface area contributed by atoms with Crippen LogP contribution >= 0.6 is 0 Å². The second-order valence-electron chi connectivity index (χ2n) is 7.84. The van der Waals surface area contributed by atoms with Crippen LogP contribution in [-0.4, -0.2) is 12.0 Å². The first-order valence-electron chi connectivity index (χ1n) is 8.75. The van der Waals surface area contributed by atoms with Crippen LogP contribution in [0.25, 0.3) is 0 Å². The van der Waals surface area contributed by atoms with E-state index in [0.29, 0.717) is 0 Å². The van der Waals surface area contributed by atoms with Crippen LogP contribution in [0, 0.1) is 10.1 Å². The Kier molecular flexibility index (Phi) is 4.55. The first-order chi connectivity index (χ1) is 11.8. The van der Waals surface area contributed by atoms with Crippen molar-refractivity contribution in [2.45, 2.75) is 51.9 Å². The lowest BCUT2D eigenvalue weighted by Gasteiger charge is -2.24. The number of nitro groups is 1. The minimum atomic E-state index is -0.295. The number of ether oxygens (including phenoxy) is 1. The third kappa shape index (κ3) is 3.68. The summed E-state index contributed by atoms with van der Waals surface area (Å²) in [5, 5.41) is 11.2. The third-order valence-corrected chi connectivity index (χ3v) is 4.93. The van der Waals surface area contributed by atoms with E-state index in [1.807, 2.05) is 0 Å². The van der Waals surface area contributed by atoms with Crippen LogP contribution < -0.4 is 4.74 Å². The van der Waals surface area contributed by atoms with E-state index < -0.39 is 0 Å². The molecule has 0 spiro atoms. The van der Waals surface area contributed by atoms with Gasteiger partial charge in [0.1, 0.15) is 5.75 Å². The highest BCUT2D eigenvalue weighted by Gasteiger charge is 2.21. The molecule has 0 aromatic heterocycles. The van der Waals surface area contributed by atoms with Gasteiger partial charge in [-0.2, -0.15) is 0 Å². The average molecular weight is 339 g/mol. The first kappa shape index (κ1) is 17.5. The molecule has 4 nitrogen and oxygen atoms in total. The molecule has 2 aromatic carbocycles. The summed E-state index contributed by atoms with van der Waals surface area (Å²) in [4.78, 5) is 10.9. The lowest BCUT2D eigenvalue weighted by Crippen LogP contribution is -2.14. The Bertz CT molecular complexity index is 771. The van der Waals surface area contributed by atoms with Crippen LogP contribution in [0.2, 0.25) is 0 Å². The molecular formula is C21H25NO3. The zero-order chi connectivity index (χ0) is 18.2. The summed E-state index contributed by atoms with van der Waals surface area (Å²) >= 11 is 0. The number of aryl methyl sites for hydroxylation is 4. The van der Waals surface area contributed by atoms with Crippen molar-refractivity contribution in [2.75, 3.05) is 7.11 Å². The van der Waals surface area contributed by atoms with Gasteiger partial charge in [0.05, 0.1) is 12.0 Å². The van der Waals surface area contributed by atoms with E-state index in [0.717, 1.165) is 42.6 Å². The molecule has 4 bridgehead atoms. The molecular weight excluding hydrogens is 314 g/mol. The van der Waals surface area contributed by atoms with Crippen molar-refractivity contribution in [2.24, 2.45) is 0 Å². The second kappa shape index (κ2) is 6.51. The normalized spacial score (nSPS) is 14.1. The third-order valence-electron chi connectivity index (χ3n) is 4.93. The Hall–Kier alpha value is -2.36. The molecule has 25 heavy (non-hydrogen) atoms. The van der Waals surface area contributed by atoms with Gasteiger partial charge in [-0.1, -0.05) is 39.0 Å². The standard InChI is InChI=1S/C21H25NO3/c1-21(2,3)18-12-16-7-5-14-9-15(11-19(10-14)22(23)24)6-8-17(13-18)20(16)25-4/h9-13H,5-8H2,1-4H3. The summed E-state index contributed by atoms with van der Waals surface area (Å²) < 4.78 is 5.74. The van der Waals surface area contributed by atoms with Crippen LogP contribution in [-0.2, 0) is 31.1 Å². The van der Waals surface area contributed by atoms with E-state index in [9.17, 15) is 10.1 Å². The van der Waals surface area contributed by atoms with Crippen LogP contribution in [0.3, 0.4) is 0 Å². The molecule has 0 atom stereocenters. The maximum Gasteiger partial charge on any atom is 0.269 e. The van der Waals surface area contributed by atoms with Gasteiger partial charge < -0.3 is 4.74 Å². The van der Waals surface area contributed by atoms with Crippen molar-refractivity contribution in [3.05, 3.63) is 68.3 Å². The predicted octanol–water partition coefficient (Wildman–Crippen LogP) is 4.78. The molecule has 3 rings (SSSR count). The molecule has 0 fully saturated rings. The van der Waals surface area contributed by atoms with Gasteiger partial charge in [-0.25, -0.2) is 0 Å². The molecule has 132 valence electrons. The zero-order valence-corrected chi connectivity index (χ0v) is 15.4. The number of hydrogen-bond donors (Lipinski definition) is 0. The summed E-state index contributed by atoms with van der Waals surface area (Å²) in [7, 11) is 1.73. The van der Waals surface area contributed by atoms with Gasteiger partial charge >= 0.3 is 0 Å². The van der Waals surface area contributed by atoms with Crippen LogP contribution in [0.1, 0.15) is 48.6 Å². The van der Waals surface area contributed by atoms with Crippen molar-refractivity contribution < 1.29 is 9.66 Å². The Balaban J connectivity index is 2.08. The first-order valence-corrected chi connectivity index (χ1v) is 8.75. The molecule has 0 heterocycles. The summed E-state index contributed by atoms with van der Waals surface area (Å²) in [5.74, 6) is 0.979. The molecule has 0 unspecified atom stereocenters. The molecule has 0 radical (unpaired) electrons. The van der Waals surface area contributed by atoms with Gasteiger partial charge in [0.2, 0.25) is 0 Å². The van der Waals surface area contributed by atoms with Crippen LogP contribution in [0.15, 0.2) is 30.3 Å². The van der Waals surface area contributed by atoms with Gasteiger partial charge in [-0.15, -0.1) is 0 Å². The fourth-order valence-corrected chi connectivity index (χ4v) is 3.52. The molecule has 1 aliphatic rings. The van der Waals surface area contributed by atoms with Gasteiger partial charge in [0.15, 0.2) is 0 Å². The smallest absolute Gasteiger partial charge is 0.269 e. The second-order valence-corrected chi connectivity index (χ2v) is 7.84. The molecule has 1 aliphatic carbocycles. The summed E-state index contributed by atoms with van der Waals surface area (Å²) in [6.45, 7) is 6.67.